The van der Waals surface area contributed by atoms with Crippen LogP contribution in [0.1, 0.15) is 30.7 Å². The number of nitrogens with zero attached hydrogens (tertiary/aromatic N) is 3. The lowest BCUT2D eigenvalue weighted by Gasteiger charge is -2.14. The maximum atomic E-state index is 13.3. The number of aromatic nitrogens is 3. The average molecular weight is 326 g/mol. The SMILES string of the molecule is CCCn1ncnc1CC(CBr)c1cccc(F)c1. The number of rotatable bonds is 6. The van der Waals surface area contributed by atoms with Crippen LogP contribution in [-0.4, -0.2) is 20.1 Å². The molecule has 0 amide bonds. The highest BCUT2D eigenvalue weighted by molar-refractivity contribution is 9.09. The Hall–Kier alpha value is -1.23. The summed E-state index contributed by atoms with van der Waals surface area (Å²) in [5.41, 5.74) is 0.989. The molecule has 0 aliphatic rings. The Labute approximate surface area is 121 Å². The van der Waals surface area contributed by atoms with Gasteiger partial charge in [0, 0.05) is 24.2 Å². The molecule has 3 nitrogen and oxygen atoms in total. The molecule has 0 saturated heterocycles. The first kappa shape index (κ1) is 14.2. The molecule has 0 N–H and O–H groups in total. The van der Waals surface area contributed by atoms with Gasteiger partial charge in [-0.25, -0.2) is 9.37 Å². The summed E-state index contributed by atoms with van der Waals surface area (Å²) in [5, 5.41) is 4.99. The highest BCUT2D eigenvalue weighted by Crippen LogP contribution is 2.23. The molecule has 0 aliphatic carbocycles. The lowest BCUT2D eigenvalue weighted by molar-refractivity contribution is 0.553. The number of alkyl halides is 1. The zero-order valence-corrected chi connectivity index (χ0v) is 12.5. The Balaban J connectivity index is 2.17. The molecule has 0 saturated carbocycles. The van der Waals surface area contributed by atoms with Crippen LogP contribution in [0, 0.1) is 5.82 Å². The van der Waals surface area contributed by atoms with Crippen molar-refractivity contribution in [2.45, 2.75) is 32.2 Å². The van der Waals surface area contributed by atoms with Crippen molar-refractivity contribution in [1.29, 1.82) is 0 Å². The highest BCUT2D eigenvalue weighted by atomic mass is 79.9. The zero-order chi connectivity index (χ0) is 13.7. The van der Waals surface area contributed by atoms with Crippen molar-refractivity contribution in [2.24, 2.45) is 0 Å². The molecule has 1 aromatic carbocycles. The second-order valence-electron chi connectivity index (χ2n) is 4.51. The van der Waals surface area contributed by atoms with Gasteiger partial charge in [0.2, 0.25) is 0 Å². The fourth-order valence-electron chi connectivity index (χ4n) is 2.09. The van der Waals surface area contributed by atoms with Gasteiger partial charge < -0.3 is 0 Å². The molecule has 0 spiro atoms. The fourth-order valence-corrected chi connectivity index (χ4v) is 2.69. The number of halogens is 2. The van der Waals surface area contributed by atoms with E-state index in [0.717, 1.165) is 36.1 Å². The molecular formula is C14H17BrFN3. The van der Waals surface area contributed by atoms with E-state index in [0.29, 0.717) is 0 Å². The quantitative estimate of drug-likeness (QED) is 0.760. The van der Waals surface area contributed by atoms with Gasteiger partial charge >= 0.3 is 0 Å². The molecule has 19 heavy (non-hydrogen) atoms. The fraction of sp³-hybridized carbons (Fsp3) is 0.429. The summed E-state index contributed by atoms with van der Waals surface area (Å²) in [4.78, 5) is 4.31. The Morgan fingerprint density at radius 1 is 1.42 bits per heavy atom. The molecule has 1 atom stereocenters. The minimum absolute atomic E-state index is 0.196. The maximum Gasteiger partial charge on any atom is 0.138 e. The molecule has 2 aromatic rings. The first-order valence-corrected chi connectivity index (χ1v) is 7.54. The molecule has 102 valence electrons. The molecule has 1 heterocycles. The van der Waals surface area contributed by atoms with Crippen molar-refractivity contribution in [3.05, 3.63) is 47.8 Å². The molecule has 1 aromatic heterocycles. The minimum atomic E-state index is -0.196. The summed E-state index contributed by atoms with van der Waals surface area (Å²) in [6.07, 6.45) is 3.37. The van der Waals surface area contributed by atoms with Crippen molar-refractivity contribution in [2.75, 3.05) is 5.33 Å². The van der Waals surface area contributed by atoms with Crippen molar-refractivity contribution < 1.29 is 4.39 Å². The van der Waals surface area contributed by atoms with Crippen LogP contribution in [0.2, 0.25) is 0 Å². The Morgan fingerprint density at radius 3 is 2.95 bits per heavy atom. The van der Waals surface area contributed by atoms with Crippen molar-refractivity contribution >= 4 is 15.9 Å². The normalized spacial score (nSPS) is 12.6. The summed E-state index contributed by atoms with van der Waals surface area (Å²) in [6, 6.07) is 6.76. The third-order valence-electron chi connectivity index (χ3n) is 3.07. The van der Waals surface area contributed by atoms with E-state index in [1.807, 2.05) is 10.7 Å². The standard InChI is InChI=1S/C14H17BrFN3/c1-2-6-19-14(17-10-18-19)8-12(9-15)11-4-3-5-13(16)7-11/h3-5,7,10,12H,2,6,8-9H2,1H3. The van der Waals surface area contributed by atoms with Crippen LogP contribution in [0.5, 0.6) is 0 Å². The van der Waals surface area contributed by atoms with E-state index in [1.54, 1.807) is 18.5 Å². The minimum Gasteiger partial charge on any atom is -0.250 e. The van der Waals surface area contributed by atoms with Crippen LogP contribution in [0.25, 0.3) is 0 Å². The van der Waals surface area contributed by atoms with Gasteiger partial charge in [0.25, 0.3) is 0 Å². The Kier molecular flexibility index (Phi) is 5.07. The van der Waals surface area contributed by atoms with Crippen molar-refractivity contribution in [1.82, 2.24) is 14.8 Å². The van der Waals surface area contributed by atoms with E-state index >= 15 is 0 Å². The predicted molar refractivity (Wildman–Crippen MR) is 77.0 cm³/mol. The molecule has 0 fully saturated rings. The summed E-state index contributed by atoms with van der Waals surface area (Å²) in [7, 11) is 0. The number of benzene rings is 1. The molecular weight excluding hydrogens is 309 g/mol. The monoisotopic (exact) mass is 325 g/mol. The topological polar surface area (TPSA) is 30.7 Å². The lowest BCUT2D eigenvalue weighted by atomic mass is 9.97. The largest absolute Gasteiger partial charge is 0.250 e. The summed E-state index contributed by atoms with van der Waals surface area (Å²) in [6.45, 7) is 2.98. The van der Waals surface area contributed by atoms with Gasteiger partial charge in [-0.15, -0.1) is 0 Å². The lowest BCUT2D eigenvalue weighted by Crippen LogP contribution is -2.12. The highest BCUT2D eigenvalue weighted by Gasteiger charge is 2.15. The molecule has 0 aliphatic heterocycles. The first-order valence-electron chi connectivity index (χ1n) is 6.42. The van der Waals surface area contributed by atoms with Crippen LogP contribution in [0.3, 0.4) is 0 Å². The predicted octanol–water partition coefficient (Wildman–Crippen LogP) is 3.55. The zero-order valence-electron chi connectivity index (χ0n) is 10.9. The van der Waals surface area contributed by atoms with E-state index in [9.17, 15) is 4.39 Å². The number of hydrogen-bond acceptors (Lipinski definition) is 2. The third kappa shape index (κ3) is 3.62. The van der Waals surface area contributed by atoms with Gasteiger partial charge in [-0.3, -0.25) is 4.68 Å². The van der Waals surface area contributed by atoms with E-state index in [1.165, 1.54) is 6.07 Å². The molecule has 5 heteroatoms. The van der Waals surface area contributed by atoms with E-state index in [4.69, 9.17) is 0 Å². The Morgan fingerprint density at radius 2 is 2.26 bits per heavy atom. The van der Waals surface area contributed by atoms with E-state index in [-0.39, 0.29) is 11.7 Å². The third-order valence-corrected chi connectivity index (χ3v) is 3.85. The average Bonchev–Trinajstić information content (AvgIpc) is 2.84. The van der Waals surface area contributed by atoms with Gasteiger partial charge in [0.15, 0.2) is 0 Å². The van der Waals surface area contributed by atoms with E-state index in [2.05, 4.69) is 32.9 Å². The first-order chi connectivity index (χ1) is 9.24. The van der Waals surface area contributed by atoms with Crippen LogP contribution < -0.4 is 0 Å². The maximum absolute atomic E-state index is 13.3. The molecule has 0 bridgehead atoms. The second kappa shape index (κ2) is 6.80. The van der Waals surface area contributed by atoms with Crippen LogP contribution in [0.4, 0.5) is 4.39 Å². The van der Waals surface area contributed by atoms with Gasteiger partial charge in [-0.05, 0) is 24.1 Å². The summed E-state index contributed by atoms with van der Waals surface area (Å²) in [5.74, 6) is 0.963. The van der Waals surface area contributed by atoms with Crippen molar-refractivity contribution in [3.8, 4) is 0 Å². The van der Waals surface area contributed by atoms with Gasteiger partial charge in [0.05, 0.1) is 0 Å². The number of hydrogen-bond donors (Lipinski definition) is 0. The van der Waals surface area contributed by atoms with Gasteiger partial charge in [0.1, 0.15) is 18.0 Å². The van der Waals surface area contributed by atoms with Gasteiger partial charge in [-0.2, -0.15) is 5.10 Å². The number of aryl methyl sites for hydroxylation is 1. The van der Waals surface area contributed by atoms with Crippen LogP contribution in [-0.2, 0) is 13.0 Å². The molecule has 2 rings (SSSR count). The van der Waals surface area contributed by atoms with Crippen molar-refractivity contribution in [3.63, 3.8) is 0 Å². The summed E-state index contributed by atoms with van der Waals surface area (Å²) >= 11 is 3.51. The van der Waals surface area contributed by atoms with Crippen LogP contribution in [0.15, 0.2) is 30.6 Å². The van der Waals surface area contributed by atoms with Gasteiger partial charge in [-0.1, -0.05) is 35.0 Å². The smallest absolute Gasteiger partial charge is 0.138 e. The second-order valence-corrected chi connectivity index (χ2v) is 5.16. The molecule has 1 unspecified atom stereocenters. The van der Waals surface area contributed by atoms with E-state index < -0.39 is 0 Å². The summed E-state index contributed by atoms with van der Waals surface area (Å²) < 4.78 is 15.2. The van der Waals surface area contributed by atoms with Crippen LogP contribution >= 0.6 is 15.9 Å². The molecule has 0 radical (unpaired) electrons. The Bertz CT molecular complexity index is 527.